The molecule has 0 spiro atoms. The lowest BCUT2D eigenvalue weighted by molar-refractivity contribution is 0.109. The number of nitrogens with one attached hydrogen (secondary N) is 1. The van der Waals surface area contributed by atoms with Gasteiger partial charge in [-0.25, -0.2) is 0 Å². The van der Waals surface area contributed by atoms with E-state index >= 15 is 0 Å². The molecule has 1 fully saturated rings. The van der Waals surface area contributed by atoms with Gasteiger partial charge in [0.2, 0.25) is 0 Å². The summed E-state index contributed by atoms with van der Waals surface area (Å²) in [6.07, 6.45) is 2.39. The Hall–Kier alpha value is -1.76. The van der Waals surface area contributed by atoms with Crippen LogP contribution in [-0.2, 0) is 19.6 Å². The Morgan fingerprint density at radius 3 is 2.62 bits per heavy atom. The maximum Gasteiger partial charge on any atom is 0.147 e. The third-order valence-corrected chi connectivity index (χ3v) is 6.25. The van der Waals surface area contributed by atoms with Crippen LogP contribution in [0.1, 0.15) is 49.8 Å². The van der Waals surface area contributed by atoms with Gasteiger partial charge in [0.25, 0.3) is 0 Å². The van der Waals surface area contributed by atoms with Gasteiger partial charge in [-0.1, -0.05) is 44.2 Å². The highest BCUT2D eigenvalue weighted by molar-refractivity contribution is 5.14. The highest BCUT2D eigenvalue weighted by atomic mass is 15.3. The van der Waals surface area contributed by atoms with E-state index in [4.69, 9.17) is 0 Å². The summed E-state index contributed by atoms with van der Waals surface area (Å²) in [7, 11) is 2.24. The van der Waals surface area contributed by atoms with Crippen molar-refractivity contribution in [1.29, 1.82) is 0 Å². The molecule has 0 saturated carbocycles. The Balaban J connectivity index is 1.27. The minimum Gasteiger partial charge on any atom is -0.312 e. The SMILES string of the molecule is CN(Cc1ccccc1)CC(C)(C)CN1CCC(c2nnc3n2CCNC3)CC1. The zero-order chi connectivity index (χ0) is 20.3. The van der Waals surface area contributed by atoms with Crippen LogP contribution in [0.25, 0.3) is 0 Å². The van der Waals surface area contributed by atoms with Gasteiger partial charge in [-0.05, 0) is 44.0 Å². The van der Waals surface area contributed by atoms with Crippen LogP contribution < -0.4 is 5.32 Å². The molecule has 2 aliphatic heterocycles. The Labute approximate surface area is 175 Å². The van der Waals surface area contributed by atoms with E-state index < -0.39 is 0 Å². The average Bonchev–Trinajstić information content (AvgIpc) is 3.12. The van der Waals surface area contributed by atoms with Crippen LogP contribution in [0.3, 0.4) is 0 Å². The molecule has 0 bridgehead atoms. The highest BCUT2D eigenvalue weighted by Gasteiger charge is 2.30. The number of rotatable bonds is 7. The van der Waals surface area contributed by atoms with Crippen LogP contribution in [0, 0.1) is 5.41 Å². The fourth-order valence-corrected chi connectivity index (χ4v) is 5.10. The summed E-state index contributed by atoms with van der Waals surface area (Å²) in [5.41, 5.74) is 1.66. The Morgan fingerprint density at radius 2 is 1.86 bits per heavy atom. The largest absolute Gasteiger partial charge is 0.312 e. The minimum atomic E-state index is 0.274. The van der Waals surface area contributed by atoms with Gasteiger partial charge in [0.1, 0.15) is 11.6 Å². The lowest BCUT2D eigenvalue weighted by atomic mass is 9.89. The topological polar surface area (TPSA) is 49.2 Å². The van der Waals surface area contributed by atoms with Gasteiger partial charge in [0.15, 0.2) is 0 Å². The third kappa shape index (κ3) is 5.24. The van der Waals surface area contributed by atoms with Crippen molar-refractivity contribution in [3.8, 4) is 0 Å². The van der Waals surface area contributed by atoms with E-state index in [-0.39, 0.29) is 5.41 Å². The molecule has 1 aromatic carbocycles. The Morgan fingerprint density at radius 1 is 1.10 bits per heavy atom. The van der Waals surface area contributed by atoms with E-state index in [1.807, 2.05) is 0 Å². The second-order valence-electron chi connectivity index (χ2n) is 9.68. The fraction of sp³-hybridized carbons (Fsp3) is 0.652. The van der Waals surface area contributed by atoms with Crippen LogP contribution in [0.2, 0.25) is 0 Å². The number of nitrogens with zero attached hydrogens (tertiary/aromatic N) is 5. The van der Waals surface area contributed by atoms with Crippen LogP contribution in [0.4, 0.5) is 0 Å². The second-order valence-corrected chi connectivity index (χ2v) is 9.68. The molecule has 2 aliphatic rings. The maximum atomic E-state index is 4.55. The number of fused-ring (bicyclic) bond motifs is 1. The highest BCUT2D eigenvalue weighted by Crippen LogP contribution is 2.30. The van der Waals surface area contributed by atoms with Crippen LogP contribution in [0.5, 0.6) is 0 Å². The zero-order valence-corrected chi connectivity index (χ0v) is 18.3. The number of hydrogen-bond donors (Lipinski definition) is 1. The molecule has 1 aromatic heterocycles. The first kappa shape index (κ1) is 20.5. The molecule has 2 aromatic rings. The van der Waals surface area contributed by atoms with Crippen molar-refractivity contribution < 1.29 is 0 Å². The molecule has 0 amide bonds. The summed E-state index contributed by atoms with van der Waals surface area (Å²) in [4.78, 5) is 5.11. The molecular weight excluding hydrogens is 360 g/mol. The third-order valence-electron chi connectivity index (χ3n) is 6.25. The average molecular weight is 397 g/mol. The summed E-state index contributed by atoms with van der Waals surface area (Å²) in [5, 5.41) is 12.3. The van der Waals surface area contributed by atoms with E-state index in [0.717, 1.165) is 58.2 Å². The Kier molecular flexibility index (Phi) is 6.32. The summed E-state index contributed by atoms with van der Waals surface area (Å²) in [6, 6.07) is 10.8. The minimum absolute atomic E-state index is 0.274. The van der Waals surface area contributed by atoms with Crippen molar-refractivity contribution in [2.24, 2.45) is 5.41 Å². The predicted molar refractivity (Wildman–Crippen MR) is 117 cm³/mol. The first-order valence-corrected chi connectivity index (χ1v) is 11.1. The smallest absolute Gasteiger partial charge is 0.147 e. The normalized spacial score (nSPS) is 18.9. The summed E-state index contributed by atoms with van der Waals surface area (Å²) >= 11 is 0. The zero-order valence-electron chi connectivity index (χ0n) is 18.3. The number of hydrogen-bond acceptors (Lipinski definition) is 5. The van der Waals surface area contributed by atoms with E-state index in [0.29, 0.717) is 5.92 Å². The van der Waals surface area contributed by atoms with E-state index in [1.165, 1.54) is 24.2 Å². The van der Waals surface area contributed by atoms with Gasteiger partial charge in [-0.3, -0.25) is 0 Å². The van der Waals surface area contributed by atoms with Gasteiger partial charge in [-0.15, -0.1) is 10.2 Å². The molecule has 0 unspecified atom stereocenters. The molecule has 6 nitrogen and oxygen atoms in total. The fourth-order valence-electron chi connectivity index (χ4n) is 5.10. The lowest BCUT2D eigenvalue weighted by Crippen LogP contribution is -2.44. The molecule has 0 atom stereocenters. The quantitative estimate of drug-likeness (QED) is 0.780. The molecular formula is C23H36N6. The molecule has 1 N–H and O–H groups in total. The van der Waals surface area contributed by atoms with Crippen molar-refractivity contribution >= 4 is 0 Å². The molecule has 3 heterocycles. The van der Waals surface area contributed by atoms with Gasteiger partial charge in [0.05, 0.1) is 6.54 Å². The second kappa shape index (κ2) is 8.94. The number of piperidine rings is 1. The monoisotopic (exact) mass is 396 g/mol. The van der Waals surface area contributed by atoms with Crippen LogP contribution in [-0.4, -0.2) is 64.3 Å². The first-order valence-electron chi connectivity index (χ1n) is 11.1. The van der Waals surface area contributed by atoms with E-state index in [1.54, 1.807) is 0 Å². The first-order chi connectivity index (χ1) is 14.0. The molecule has 0 radical (unpaired) electrons. The molecule has 0 aliphatic carbocycles. The van der Waals surface area contributed by atoms with Crippen molar-refractivity contribution in [1.82, 2.24) is 29.9 Å². The summed E-state index contributed by atoms with van der Waals surface area (Å²) < 4.78 is 2.36. The van der Waals surface area contributed by atoms with Gasteiger partial charge >= 0.3 is 0 Å². The van der Waals surface area contributed by atoms with Gasteiger partial charge in [-0.2, -0.15) is 0 Å². The van der Waals surface area contributed by atoms with E-state index in [9.17, 15) is 0 Å². The lowest BCUT2D eigenvalue weighted by Gasteiger charge is -2.39. The van der Waals surface area contributed by atoms with Crippen molar-refractivity contribution in [3.63, 3.8) is 0 Å². The van der Waals surface area contributed by atoms with Gasteiger partial charge in [0, 0.05) is 38.6 Å². The number of benzene rings is 1. The summed E-state index contributed by atoms with van der Waals surface area (Å²) in [6.45, 7) is 13.3. The standard InChI is InChI=1S/C23H36N6/c1-23(2,17-27(3)16-19-7-5-4-6-8-19)18-28-12-9-20(10-13-28)22-26-25-21-15-24-11-14-29(21)22/h4-8,20,24H,9-18H2,1-3H3. The van der Waals surface area contributed by atoms with Gasteiger partial charge < -0.3 is 19.7 Å². The molecule has 1 saturated heterocycles. The van der Waals surface area contributed by atoms with Crippen LogP contribution in [0.15, 0.2) is 30.3 Å². The van der Waals surface area contributed by atoms with Crippen molar-refractivity contribution in [2.45, 2.75) is 52.2 Å². The number of aromatic nitrogens is 3. The Bertz CT molecular complexity index is 776. The summed E-state index contributed by atoms with van der Waals surface area (Å²) in [5.74, 6) is 2.90. The number of likely N-dealkylation sites (tertiary alicyclic amines) is 1. The predicted octanol–water partition coefficient (Wildman–Crippen LogP) is 2.72. The van der Waals surface area contributed by atoms with Crippen molar-refractivity contribution in [2.75, 3.05) is 39.8 Å². The molecule has 29 heavy (non-hydrogen) atoms. The molecule has 158 valence electrons. The van der Waals surface area contributed by atoms with Crippen molar-refractivity contribution in [3.05, 3.63) is 47.5 Å². The molecule has 6 heteroatoms. The molecule has 4 rings (SSSR count). The maximum absolute atomic E-state index is 4.55. The van der Waals surface area contributed by atoms with E-state index in [2.05, 4.69) is 81.1 Å². The van der Waals surface area contributed by atoms with Crippen LogP contribution >= 0.6 is 0 Å².